The summed E-state index contributed by atoms with van der Waals surface area (Å²) < 4.78 is 18.9. The summed E-state index contributed by atoms with van der Waals surface area (Å²) in [6, 6.07) is 1.44. The molecular formula is C21H31FN4O3. The molecule has 160 valence electrons. The molecule has 3 heterocycles. The van der Waals surface area contributed by atoms with E-state index in [2.05, 4.69) is 20.5 Å². The molecule has 7 nitrogen and oxygen atoms in total. The van der Waals surface area contributed by atoms with Gasteiger partial charge in [0.1, 0.15) is 5.82 Å². The Morgan fingerprint density at radius 3 is 2.72 bits per heavy atom. The second-order valence-electron chi connectivity index (χ2n) is 7.92. The number of rotatable bonds is 6. The molecule has 2 amide bonds. The van der Waals surface area contributed by atoms with E-state index in [0.717, 1.165) is 38.7 Å². The maximum absolute atomic E-state index is 13.4. The summed E-state index contributed by atoms with van der Waals surface area (Å²) in [4.78, 5) is 31.3. The van der Waals surface area contributed by atoms with Crippen LogP contribution < -0.4 is 10.6 Å². The molecule has 8 heteroatoms. The van der Waals surface area contributed by atoms with Gasteiger partial charge in [0.15, 0.2) is 0 Å². The normalized spacial score (nSPS) is 23.9. The highest BCUT2D eigenvalue weighted by Crippen LogP contribution is 2.23. The first-order chi connectivity index (χ1) is 14.1. The van der Waals surface area contributed by atoms with Gasteiger partial charge >= 0.3 is 0 Å². The number of nitrogens with zero attached hydrogens (tertiary/aromatic N) is 2. The second kappa shape index (κ2) is 10.6. The Balaban J connectivity index is 1.69. The Labute approximate surface area is 171 Å². The van der Waals surface area contributed by atoms with E-state index in [0.29, 0.717) is 38.5 Å². The average Bonchev–Trinajstić information content (AvgIpc) is 2.95. The van der Waals surface area contributed by atoms with Gasteiger partial charge < -0.3 is 15.4 Å². The largest absolute Gasteiger partial charge is 0.381 e. The lowest BCUT2D eigenvalue weighted by atomic mass is 10.00. The van der Waals surface area contributed by atoms with Gasteiger partial charge in [-0.1, -0.05) is 6.92 Å². The first-order valence-electron chi connectivity index (χ1n) is 10.6. The van der Waals surface area contributed by atoms with Gasteiger partial charge in [-0.2, -0.15) is 0 Å². The van der Waals surface area contributed by atoms with Crippen molar-refractivity contribution in [3.05, 3.63) is 29.8 Å². The molecule has 2 fully saturated rings. The number of likely N-dealkylation sites (tertiary alicyclic amines) is 1. The number of ether oxygens (including phenoxy) is 1. The Morgan fingerprint density at radius 1 is 1.21 bits per heavy atom. The zero-order valence-electron chi connectivity index (χ0n) is 17.0. The number of amides is 2. The van der Waals surface area contributed by atoms with Gasteiger partial charge in [0, 0.05) is 51.1 Å². The third kappa shape index (κ3) is 6.21. The van der Waals surface area contributed by atoms with Crippen LogP contribution in [0, 0.1) is 11.7 Å². The number of halogens is 1. The van der Waals surface area contributed by atoms with Crippen LogP contribution in [0.15, 0.2) is 18.5 Å². The minimum Gasteiger partial charge on any atom is -0.381 e. The van der Waals surface area contributed by atoms with Crippen molar-refractivity contribution in [3.63, 3.8) is 0 Å². The Kier molecular flexibility index (Phi) is 7.94. The third-order valence-electron chi connectivity index (χ3n) is 5.70. The minimum absolute atomic E-state index is 0.0882. The third-order valence-corrected chi connectivity index (χ3v) is 5.70. The highest BCUT2D eigenvalue weighted by molar-refractivity contribution is 5.94. The number of carbonyl (C=O) groups is 2. The summed E-state index contributed by atoms with van der Waals surface area (Å²) in [5, 5.41) is 6.04. The van der Waals surface area contributed by atoms with Crippen LogP contribution in [0.3, 0.4) is 0 Å². The van der Waals surface area contributed by atoms with Crippen molar-refractivity contribution in [2.75, 3.05) is 32.8 Å². The van der Waals surface area contributed by atoms with Gasteiger partial charge in [0.2, 0.25) is 5.91 Å². The van der Waals surface area contributed by atoms with Crippen molar-refractivity contribution >= 4 is 11.8 Å². The lowest BCUT2D eigenvalue weighted by molar-refractivity contribution is -0.125. The quantitative estimate of drug-likeness (QED) is 0.752. The maximum Gasteiger partial charge on any atom is 0.253 e. The van der Waals surface area contributed by atoms with Crippen LogP contribution in [0.2, 0.25) is 0 Å². The van der Waals surface area contributed by atoms with E-state index in [9.17, 15) is 14.0 Å². The van der Waals surface area contributed by atoms with Crippen molar-refractivity contribution in [2.24, 2.45) is 5.92 Å². The summed E-state index contributed by atoms with van der Waals surface area (Å²) in [5.41, 5.74) is 0.212. The molecule has 0 saturated carbocycles. The summed E-state index contributed by atoms with van der Waals surface area (Å²) in [6.45, 7) is 5.53. The molecule has 0 aliphatic carbocycles. The van der Waals surface area contributed by atoms with Gasteiger partial charge in [-0.25, -0.2) is 4.39 Å². The molecule has 2 atom stereocenters. The minimum atomic E-state index is -0.532. The molecule has 3 rings (SSSR count). The smallest absolute Gasteiger partial charge is 0.253 e. The number of aromatic nitrogens is 1. The molecule has 29 heavy (non-hydrogen) atoms. The van der Waals surface area contributed by atoms with E-state index in [1.165, 1.54) is 12.3 Å². The SMILES string of the molecule is CCCNC(=O)[C@@H]1CC[C@H](NC(=O)c2cncc(F)c2)CN(C2CCOCC2)C1. The molecule has 0 aromatic carbocycles. The lowest BCUT2D eigenvalue weighted by Gasteiger charge is -2.36. The first-order valence-corrected chi connectivity index (χ1v) is 10.6. The summed E-state index contributed by atoms with van der Waals surface area (Å²) in [7, 11) is 0. The molecule has 2 saturated heterocycles. The lowest BCUT2D eigenvalue weighted by Crippen LogP contribution is -2.49. The molecule has 0 unspecified atom stereocenters. The van der Waals surface area contributed by atoms with Crippen LogP contribution in [0.1, 0.15) is 49.4 Å². The Morgan fingerprint density at radius 2 is 2.00 bits per heavy atom. The van der Waals surface area contributed by atoms with Gasteiger partial charge in [-0.3, -0.25) is 19.5 Å². The monoisotopic (exact) mass is 406 g/mol. The second-order valence-corrected chi connectivity index (χ2v) is 7.92. The Bertz CT molecular complexity index is 696. The van der Waals surface area contributed by atoms with Gasteiger partial charge in [-0.15, -0.1) is 0 Å². The van der Waals surface area contributed by atoms with Crippen molar-refractivity contribution in [3.8, 4) is 0 Å². The van der Waals surface area contributed by atoms with Gasteiger partial charge in [0.25, 0.3) is 5.91 Å². The molecular weight excluding hydrogens is 375 g/mol. The van der Waals surface area contributed by atoms with Gasteiger partial charge in [-0.05, 0) is 38.2 Å². The van der Waals surface area contributed by atoms with Crippen molar-refractivity contribution in [1.29, 1.82) is 0 Å². The standard InChI is InChI=1S/C21H31FN4O3/c1-2-7-24-20(27)15-3-4-18(14-26(13-15)19-5-8-29-9-6-19)25-21(28)16-10-17(22)12-23-11-16/h10-12,15,18-19H,2-9,13-14H2,1H3,(H,24,27)(H,25,28)/t15-,18+/m1/s1. The van der Waals surface area contributed by atoms with Crippen LogP contribution in [-0.2, 0) is 9.53 Å². The molecule has 2 N–H and O–H groups in total. The molecule has 1 aromatic rings. The van der Waals surface area contributed by atoms with E-state index in [-0.39, 0.29) is 29.3 Å². The summed E-state index contributed by atoms with van der Waals surface area (Å²) in [5.74, 6) is -0.870. The average molecular weight is 407 g/mol. The van der Waals surface area contributed by atoms with Crippen molar-refractivity contribution < 1.29 is 18.7 Å². The van der Waals surface area contributed by atoms with E-state index in [1.807, 2.05) is 6.92 Å². The van der Waals surface area contributed by atoms with Gasteiger partial charge in [0.05, 0.1) is 17.7 Å². The highest BCUT2D eigenvalue weighted by Gasteiger charge is 2.33. The number of carbonyl (C=O) groups excluding carboxylic acids is 2. The highest BCUT2D eigenvalue weighted by atomic mass is 19.1. The molecule has 0 radical (unpaired) electrons. The van der Waals surface area contributed by atoms with Crippen molar-refractivity contribution in [1.82, 2.24) is 20.5 Å². The summed E-state index contributed by atoms with van der Waals surface area (Å²) in [6.07, 6.45) is 6.62. The van der Waals surface area contributed by atoms with E-state index in [4.69, 9.17) is 4.74 Å². The van der Waals surface area contributed by atoms with Crippen LogP contribution in [-0.4, -0.2) is 66.6 Å². The zero-order chi connectivity index (χ0) is 20.6. The predicted octanol–water partition coefficient (Wildman–Crippen LogP) is 1.74. The number of pyridine rings is 1. The van der Waals surface area contributed by atoms with Crippen molar-refractivity contribution in [2.45, 2.75) is 51.1 Å². The first kappa shape index (κ1) is 21.6. The fourth-order valence-corrected chi connectivity index (χ4v) is 4.10. The fourth-order valence-electron chi connectivity index (χ4n) is 4.10. The van der Waals surface area contributed by atoms with E-state index < -0.39 is 5.82 Å². The Hall–Kier alpha value is -2.06. The number of nitrogens with one attached hydrogen (secondary N) is 2. The molecule has 0 bridgehead atoms. The van der Waals surface area contributed by atoms with Crippen LogP contribution in [0.25, 0.3) is 0 Å². The van der Waals surface area contributed by atoms with E-state index >= 15 is 0 Å². The van der Waals surface area contributed by atoms with Crippen LogP contribution in [0.5, 0.6) is 0 Å². The van der Waals surface area contributed by atoms with E-state index in [1.54, 1.807) is 0 Å². The van der Waals surface area contributed by atoms with Crippen LogP contribution >= 0.6 is 0 Å². The number of hydrogen-bond donors (Lipinski definition) is 2. The molecule has 1 aromatic heterocycles. The van der Waals surface area contributed by atoms with Crippen LogP contribution in [0.4, 0.5) is 4.39 Å². The summed E-state index contributed by atoms with van der Waals surface area (Å²) >= 11 is 0. The topological polar surface area (TPSA) is 83.6 Å². The predicted molar refractivity (Wildman–Crippen MR) is 107 cm³/mol. The fraction of sp³-hybridized carbons (Fsp3) is 0.667. The maximum atomic E-state index is 13.4. The molecule has 2 aliphatic heterocycles. The number of hydrogen-bond acceptors (Lipinski definition) is 5. The molecule has 0 spiro atoms. The molecule has 2 aliphatic rings. The zero-order valence-corrected chi connectivity index (χ0v) is 17.0.